The van der Waals surface area contributed by atoms with Gasteiger partial charge in [0.2, 0.25) is 5.91 Å². The van der Waals surface area contributed by atoms with Gasteiger partial charge in [0.05, 0.1) is 11.5 Å². The van der Waals surface area contributed by atoms with Crippen LogP contribution in [0.5, 0.6) is 0 Å². The van der Waals surface area contributed by atoms with Crippen molar-refractivity contribution in [2.45, 2.75) is 52.4 Å². The summed E-state index contributed by atoms with van der Waals surface area (Å²) in [6, 6.07) is 0. The van der Waals surface area contributed by atoms with Gasteiger partial charge in [0.25, 0.3) is 0 Å². The first-order chi connectivity index (χ1) is 8.96. The van der Waals surface area contributed by atoms with Crippen LogP contribution in [0.15, 0.2) is 0 Å². The van der Waals surface area contributed by atoms with Crippen LogP contribution in [-0.4, -0.2) is 32.4 Å². The summed E-state index contributed by atoms with van der Waals surface area (Å²) >= 11 is 0. The molecule has 0 bridgehead atoms. The minimum atomic E-state index is -2.87. The zero-order chi connectivity index (χ0) is 14.3. The lowest BCUT2D eigenvalue weighted by molar-refractivity contribution is -0.122. The molecule has 112 valence electrons. The van der Waals surface area contributed by atoms with E-state index in [0.29, 0.717) is 18.8 Å². The molecule has 1 N–H and O–H groups in total. The lowest BCUT2D eigenvalue weighted by Crippen LogP contribution is -2.30. The van der Waals surface area contributed by atoms with Gasteiger partial charge in [0.15, 0.2) is 9.84 Å². The number of hydrogen-bond donors (Lipinski definition) is 1. The summed E-state index contributed by atoms with van der Waals surface area (Å²) in [4.78, 5) is 11.8. The highest BCUT2D eigenvalue weighted by Gasteiger charge is 2.29. The van der Waals surface area contributed by atoms with E-state index < -0.39 is 9.84 Å². The molecule has 5 heteroatoms. The fourth-order valence-electron chi connectivity index (χ4n) is 2.57. The number of carbonyl (C=O) groups excluding carboxylic acids is 1. The Hall–Kier alpha value is -0.580. The Morgan fingerprint density at radius 3 is 2.63 bits per heavy atom. The number of sulfone groups is 1. The maximum absolute atomic E-state index is 11.8. The van der Waals surface area contributed by atoms with E-state index in [1.807, 2.05) is 0 Å². The van der Waals surface area contributed by atoms with Crippen LogP contribution in [-0.2, 0) is 14.6 Å². The molecule has 1 rings (SSSR count). The molecule has 0 aromatic heterocycles. The number of rotatable bonds is 8. The van der Waals surface area contributed by atoms with Crippen molar-refractivity contribution in [1.82, 2.24) is 5.32 Å². The first kappa shape index (κ1) is 16.5. The second kappa shape index (κ2) is 7.88. The van der Waals surface area contributed by atoms with Crippen molar-refractivity contribution in [2.24, 2.45) is 11.8 Å². The van der Waals surface area contributed by atoms with E-state index in [9.17, 15) is 13.2 Å². The van der Waals surface area contributed by atoms with E-state index in [2.05, 4.69) is 19.2 Å². The molecule has 1 fully saturated rings. The molecule has 19 heavy (non-hydrogen) atoms. The molecule has 1 amide bonds. The summed E-state index contributed by atoms with van der Waals surface area (Å²) in [5.41, 5.74) is 0. The molecule has 1 heterocycles. The fraction of sp³-hybridized carbons (Fsp3) is 0.929. The topological polar surface area (TPSA) is 63.2 Å². The van der Waals surface area contributed by atoms with Gasteiger partial charge in [-0.15, -0.1) is 0 Å². The third kappa shape index (κ3) is 6.41. The Bertz CT molecular complexity index is 378. The van der Waals surface area contributed by atoms with Crippen LogP contribution in [0.25, 0.3) is 0 Å². The van der Waals surface area contributed by atoms with Crippen molar-refractivity contribution >= 4 is 15.7 Å². The van der Waals surface area contributed by atoms with Gasteiger partial charge in [0, 0.05) is 13.0 Å². The fourth-order valence-corrected chi connectivity index (χ4v) is 4.43. The summed E-state index contributed by atoms with van der Waals surface area (Å²) in [7, 11) is -2.87. The predicted octanol–water partition coefficient (Wildman–Crippen LogP) is 2.14. The Morgan fingerprint density at radius 1 is 1.37 bits per heavy atom. The standard InChI is InChI=1S/C14H27NO3S/c1-3-5-6-12(4-2)10-15-14(16)9-13-7-8-19(17,18)11-13/h12-13H,3-11H2,1-2H3,(H,15,16). The monoisotopic (exact) mass is 289 g/mol. The maximum Gasteiger partial charge on any atom is 0.220 e. The first-order valence-corrected chi connectivity index (χ1v) is 9.26. The summed E-state index contributed by atoms with van der Waals surface area (Å²) in [5, 5.41) is 2.96. The van der Waals surface area contributed by atoms with Gasteiger partial charge >= 0.3 is 0 Å². The molecule has 0 aromatic carbocycles. The van der Waals surface area contributed by atoms with E-state index in [-0.39, 0.29) is 23.3 Å². The summed E-state index contributed by atoms with van der Waals surface area (Å²) in [6.45, 7) is 5.05. The first-order valence-electron chi connectivity index (χ1n) is 7.44. The van der Waals surface area contributed by atoms with Crippen molar-refractivity contribution in [2.75, 3.05) is 18.1 Å². The average Bonchev–Trinajstić information content (AvgIpc) is 2.69. The molecule has 1 saturated heterocycles. The molecule has 0 radical (unpaired) electrons. The quantitative estimate of drug-likeness (QED) is 0.744. The molecular formula is C14H27NO3S. The van der Waals surface area contributed by atoms with Gasteiger partial charge in [-0.05, 0) is 24.7 Å². The van der Waals surface area contributed by atoms with E-state index in [0.717, 1.165) is 19.4 Å². The predicted molar refractivity (Wildman–Crippen MR) is 77.7 cm³/mol. The zero-order valence-electron chi connectivity index (χ0n) is 12.2. The molecule has 2 unspecified atom stereocenters. The molecule has 1 aliphatic heterocycles. The van der Waals surface area contributed by atoms with Gasteiger partial charge in [-0.3, -0.25) is 4.79 Å². The van der Waals surface area contributed by atoms with Crippen molar-refractivity contribution < 1.29 is 13.2 Å². The summed E-state index contributed by atoms with van der Waals surface area (Å²) < 4.78 is 22.6. The number of amides is 1. The average molecular weight is 289 g/mol. The van der Waals surface area contributed by atoms with Gasteiger partial charge < -0.3 is 5.32 Å². The third-order valence-corrected chi connectivity index (χ3v) is 5.77. The van der Waals surface area contributed by atoms with Crippen molar-refractivity contribution in [3.63, 3.8) is 0 Å². The molecule has 0 saturated carbocycles. The lowest BCUT2D eigenvalue weighted by Gasteiger charge is -2.16. The largest absolute Gasteiger partial charge is 0.356 e. The minimum Gasteiger partial charge on any atom is -0.356 e. The van der Waals surface area contributed by atoms with Crippen LogP contribution in [0.3, 0.4) is 0 Å². The van der Waals surface area contributed by atoms with Crippen LogP contribution in [0, 0.1) is 11.8 Å². The maximum atomic E-state index is 11.8. The number of carbonyl (C=O) groups is 1. The van der Waals surface area contributed by atoms with Crippen molar-refractivity contribution in [3.05, 3.63) is 0 Å². The van der Waals surface area contributed by atoms with Gasteiger partial charge in [0.1, 0.15) is 0 Å². The smallest absolute Gasteiger partial charge is 0.220 e. The minimum absolute atomic E-state index is 0.0112. The highest BCUT2D eigenvalue weighted by molar-refractivity contribution is 7.91. The highest BCUT2D eigenvalue weighted by Crippen LogP contribution is 2.21. The van der Waals surface area contributed by atoms with E-state index in [4.69, 9.17) is 0 Å². The Kier molecular flexibility index (Phi) is 6.83. The van der Waals surface area contributed by atoms with E-state index in [1.165, 1.54) is 12.8 Å². The molecule has 0 aromatic rings. The molecule has 1 aliphatic rings. The molecule has 0 spiro atoms. The Balaban J connectivity index is 2.24. The number of nitrogens with one attached hydrogen (secondary N) is 1. The lowest BCUT2D eigenvalue weighted by atomic mass is 9.99. The Morgan fingerprint density at radius 2 is 2.11 bits per heavy atom. The third-order valence-electron chi connectivity index (χ3n) is 3.93. The van der Waals surface area contributed by atoms with Crippen LogP contribution in [0.1, 0.15) is 52.4 Å². The van der Waals surface area contributed by atoms with Crippen molar-refractivity contribution in [1.29, 1.82) is 0 Å². The zero-order valence-corrected chi connectivity index (χ0v) is 13.0. The second-order valence-electron chi connectivity index (χ2n) is 5.69. The number of hydrogen-bond acceptors (Lipinski definition) is 3. The van der Waals surface area contributed by atoms with Crippen molar-refractivity contribution in [3.8, 4) is 0 Å². The second-order valence-corrected chi connectivity index (χ2v) is 7.92. The SMILES string of the molecule is CCCCC(CC)CNC(=O)CC1CCS(=O)(=O)C1. The van der Waals surface area contributed by atoms with Crippen LogP contribution in [0.2, 0.25) is 0 Å². The highest BCUT2D eigenvalue weighted by atomic mass is 32.2. The van der Waals surface area contributed by atoms with Crippen LogP contribution in [0.4, 0.5) is 0 Å². The number of unbranched alkanes of at least 4 members (excludes halogenated alkanes) is 1. The van der Waals surface area contributed by atoms with Gasteiger partial charge in [-0.1, -0.05) is 33.1 Å². The van der Waals surface area contributed by atoms with Gasteiger partial charge in [-0.25, -0.2) is 8.42 Å². The van der Waals surface area contributed by atoms with Crippen LogP contribution >= 0.6 is 0 Å². The molecular weight excluding hydrogens is 262 g/mol. The molecule has 0 aliphatic carbocycles. The van der Waals surface area contributed by atoms with Crippen LogP contribution < -0.4 is 5.32 Å². The van der Waals surface area contributed by atoms with E-state index in [1.54, 1.807) is 0 Å². The normalized spacial score (nSPS) is 23.2. The Labute approximate surface area is 117 Å². The summed E-state index contributed by atoms with van der Waals surface area (Å²) in [5.74, 6) is 1.03. The molecule has 2 atom stereocenters. The van der Waals surface area contributed by atoms with E-state index >= 15 is 0 Å². The van der Waals surface area contributed by atoms with Gasteiger partial charge in [-0.2, -0.15) is 0 Å². The molecule has 4 nitrogen and oxygen atoms in total. The summed E-state index contributed by atoms with van der Waals surface area (Å²) in [6.07, 6.45) is 5.63.